The van der Waals surface area contributed by atoms with E-state index < -0.39 is 0 Å². The number of hydrogen-bond acceptors (Lipinski definition) is 3. The molecule has 0 radical (unpaired) electrons. The monoisotopic (exact) mass is 256 g/mol. The maximum Gasteiger partial charge on any atom is 0.343 e. The standard InChI is InChI=1S/C16H16O3/c1-2-12-18-14-10-8-13(9-11-14)16(17)19-15-6-4-3-5-7-15/h3-11H,2,12H2,1H3. The Bertz CT molecular complexity index is 517. The van der Waals surface area contributed by atoms with Crippen molar-refractivity contribution in [2.45, 2.75) is 13.3 Å². The minimum Gasteiger partial charge on any atom is -0.494 e. The van der Waals surface area contributed by atoms with Gasteiger partial charge in [0.2, 0.25) is 0 Å². The number of ether oxygens (including phenoxy) is 2. The summed E-state index contributed by atoms with van der Waals surface area (Å²) in [6.07, 6.45) is 0.956. The van der Waals surface area contributed by atoms with Gasteiger partial charge in [0.25, 0.3) is 0 Å². The molecular weight excluding hydrogens is 240 g/mol. The third-order valence-corrected chi connectivity index (χ3v) is 2.52. The molecule has 0 amide bonds. The van der Waals surface area contributed by atoms with Crippen LogP contribution in [0.2, 0.25) is 0 Å². The van der Waals surface area contributed by atoms with Gasteiger partial charge in [0.1, 0.15) is 11.5 Å². The molecule has 0 aliphatic carbocycles. The number of esters is 1. The third kappa shape index (κ3) is 3.85. The lowest BCUT2D eigenvalue weighted by Crippen LogP contribution is -2.08. The zero-order valence-electron chi connectivity index (χ0n) is 10.8. The van der Waals surface area contributed by atoms with Crippen LogP contribution in [0, 0.1) is 0 Å². The van der Waals surface area contributed by atoms with Gasteiger partial charge < -0.3 is 9.47 Å². The van der Waals surface area contributed by atoms with E-state index >= 15 is 0 Å². The van der Waals surface area contributed by atoms with Crippen molar-refractivity contribution in [3.8, 4) is 11.5 Å². The fourth-order valence-electron chi connectivity index (χ4n) is 1.56. The molecule has 0 spiro atoms. The summed E-state index contributed by atoms with van der Waals surface area (Å²) in [5.74, 6) is 0.935. The average Bonchev–Trinajstić information content (AvgIpc) is 2.46. The smallest absolute Gasteiger partial charge is 0.343 e. The summed E-state index contributed by atoms with van der Waals surface area (Å²) in [6, 6.07) is 16.0. The first-order chi connectivity index (χ1) is 9.29. The SMILES string of the molecule is CCCOc1ccc(C(=O)Oc2ccccc2)cc1. The highest BCUT2D eigenvalue weighted by atomic mass is 16.5. The minimum atomic E-state index is -0.367. The Labute approximate surface area is 112 Å². The summed E-state index contributed by atoms with van der Waals surface area (Å²) in [7, 11) is 0. The Morgan fingerprint density at radius 2 is 1.63 bits per heavy atom. The highest BCUT2D eigenvalue weighted by Gasteiger charge is 2.08. The van der Waals surface area contributed by atoms with E-state index in [2.05, 4.69) is 0 Å². The first-order valence-electron chi connectivity index (χ1n) is 6.29. The molecule has 2 aromatic rings. The molecule has 19 heavy (non-hydrogen) atoms. The predicted molar refractivity (Wildman–Crippen MR) is 73.6 cm³/mol. The normalized spacial score (nSPS) is 9.95. The Morgan fingerprint density at radius 3 is 2.26 bits per heavy atom. The van der Waals surface area contributed by atoms with E-state index in [0.29, 0.717) is 17.9 Å². The van der Waals surface area contributed by atoms with Gasteiger partial charge in [0, 0.05) is 0 Å². The Hall–Kier alpha value is -2.29. The van der Waals surface area contributed by atoms with Crippen LogP contribution in [0.3, 0.4) is 0 Å². The number of rotatable bonds is 5. The zero-order chi connectivity index (χ0) is 13.5. The second-order valence-electron chi connectivity index (χ2n) is 4.08. The molecule has 0 saturated heterocycles. The Morgan fingerprint density at radius 1 is 0.947 bits per heavy atom. The zero-order valence-corrected chi connectivity index (χ0v) is 10.8. The van der Waals surface area contributed by atoms with Crippen LogP contribution in [0.4, 0.5) is 0 Å². The van der Waals surface area contributed by atoms with Crippen LogP contribution in [0.15, 0.2) is 54.6 Å². The predicted octanol–water partition coefficient (Wildman–Crippen LogP) is 3.69. The van der Waals surface area contributed by atoms with Gasteiger partial charge in [-0.1, -0.05) is 25.1 Å². The van der Waals surface area contributed by atoms with Crippen molar-refractivity contribution in [1.82, 2.24) is 0 Å². The van der Waals surface area contributed by atoms with Crippen molar-refractivity contribution in [1.29, 1.82) is 0 Å². The van der Waals surface area contributed by atoms with Crippen LogP contribution < -0.4 is 9.47 Å². The van der Waals surface area contributed by atoms with Gasteiger partial charge in [-0.05, 0) is 42.8 Å². The number of carbonyl (C=O) groups is 1. The molecule has 0 heterocycles. The molecule has 3 nitrogen and oxygen atoms in total. The maximum atomic E-state index is 11.9. The molecule has 0 atom stereocenters. The topological polar surface area (TPSA) is 35.5 Å². The van der Waals surface area contributed by atoms with Crippen molar-refractivity contribution in [2.75, 3.05) is 6.61 Å². The minimum absolute atomic E-state index is 0.367. The lowest BCUT2D eigenvalue weighted by atomic mass is 10.2. The number of para-hydroxylation sites is 1. The molecule has 0 bridgehead atoms. The van der Waals surface area contributed by atoms with Crippen molar-refractivity contribution in [3.05, 3.63) is 60.2 Å². The number of benzene rings is 2. The molecule has 0 fully saturated rings. The first kappa shape index (κ1) is 13.1. The first-order valence-corrected chi connectivity index (χ1v) is 6.29. The van der Waals surface area contributed by atoms with Gasteiger partial charge in [0.15, 0.2) is 0 Å². The molecule has 98 valence electrons. The number of carbonyl (C=O) groups excluding carboxylic acids is 1. The second-order valence-corrected chi connectivity index (χ2v) is 4.08. The van der Waals surface area contributed by atoms with Crippen LogP contribution >= 0.6 is 0 Å². The Balaban J connectivity index is 1.99. The lowest BCUT2D eigenvalue weighted by Gasteiger charge is -2.06. The van der Waals surface area contributed by atoms with E-state index in [1.165, 1.54) is 0 Å². The molecule has 0 unspecified atom stereocenters. The van der Waals surface area contributed by atoms with E-state index in [9.17, 15) is 4.79 Å². The molecule has 2 aromatic carbocycles. The van der Waals surface area contributed by atoms with Crippen LogP contribution in [0.1, 0.15) is 23.7 Å². The largest absolute Gasteiger partial charge is 0.494 e. The summed E-state index contributed by atoms with van der Waals surface area (Å²) in [6.45, 7) is 2.72. The van der Waals surface area contributed by atoms with Gasteiger partial charge in [-0.3, -0.25) is 0 Å². The van der Waals surface area contributed by atoms with Gasteiger partial charge in [-0.15, -0.1) is 0 Å². The van der Waals surface area contributed by atoms with Gasteiger partial charge >= 0.3 is 5.97 Å². The summed E-state index contributed by atoms with van der Waals surface area (Å²) in [4.78, 5) is 11.9. The Kier molecular flexibility index (Phi) is 4.56. The van der Waals surface area contributed by atoms with Crippen LogP contribution in [0.25, 0.3) is 0 Å². The molecule has 0 aromatic heterocycles. The van der Waals surface area contributed by atoms with Crippen molar-refractivity contribution in [2.24, 2.45) is 0 Å². The molecule has 0 aliphatic heterocycles. The van der Waals surface area contributed by atoms with Gasteiger partial charge in [0.05, 0.1) is 12.2 Å². The van der Waals surface area contributed by atoms with Crippen LogP contribution in [0.5, 0.6) is 11.5 Å². The second kappa shape index (κ2) is 6.59. The van der Waals surface area contributed by atoms with E-state index in [0.717, 1.165) is 12.2 Å². The van der Waals surface area contributed by atoms with Crippen molar-refractivity contribution < 1.29 is 14.3 Å². The molecule has 0 saturated carbocycles. The fourth-order valence-corrected chi connectivity index (χ4v) is 1.56. The average molecular weight is 256 g/mol. The highest BCUT2D eigenvalue weighted by Crippen LogP contribution is 2.15. The quantitative estimate of drug-likeness (QED) is 0.604. The maximum absolute atomic E-state index is 11.9. The van der Waals surface area contributed by atoms with E-state index in [1.807, 2.05) is 25.1 Å². The molecule has 0 aliphatic rings. The summed E-state index contributed by atoms with van der Waals surface area (Å²) in [5.41, 5.74) is 0.507. The molecule has 2 rings (SSSR count). The molecule has 0 N–H and O–H groups in total. The summed E-state index contributed by atoms with van der Waals surface area (Å²) in [5, 5.41) is 0. The van der Waals surface area contributed by atoms with E-state index in [1.54, 1.807) is 36.4 Å². The summed E-state index contributed by atoms with van der Waals surface area (Å²) >= 11 is 0. The van der Waals surface area contributed by atoms with E-state index in [4.69, 9.17) is 9.47 Å². The van der Waals surface area contributed by atoms with Gasteiger partial charge in [-0.2, -0.15) is 0 Å². The fraction of sp³-hybridized carbons (Fsp3) is 0.188. The van der Waals surface area contributed by atoms with Crippen molar-refractivity contribution >= 4 is 5.97 Å². The highest BCUT2D eigenvalue weighted by molar-refractivity contribution is 5.91. The summed E-state index contributed by atoms with van der Waals surface area (Å²) < 4.78 is 10.7. The van der Waals surface area contributed by atoms with Crippen LogP contribution in [-0.4, -0.2) is 12.6 Å². The van der Waals surface area contributed by atoms with E-state index in [-0.39, 0.29) is 5.97 Å². The van der Waals surface area contributed by atoms with Crippen molar-refractivity contribution in [3.63, 3.8) is 0 Å². The van der Waals surface area contributed by atoms with Gasteiger partial charge in [-0.25, -0.2) is 4.79 Å². The molecule has 3 heteroatoms. The lowest BCUT2D eigenvalue weighted by molar-refractivity contribution is 0.0735. The number of hydrogen-bond donors (Lipinski definition) is 0. The molecular formula is C16H16O3. The van der Waals surface area contributed by atoms with Crippen LogP contribution in [-0.2, 0) is 0 Å². The third-order valence-electron chi connectivity index (χ3n) is 2.52.